The maximum absolute atomic E-state index is 5.94. The monoisotopic (exact) mass is 224 g/mol. The predicted octanol–water partition coefficient (Wildman–Crippen LogP) is 2.63. The van der Waals surface area contributed by atoms with Crippen molar-refractivity contribution in [1.29, 1.82) is 0 Å². The Morgan fingerprint density at radius 2 is 1.62 bits per heavy atom. The third-order valence-corrected chi connectivity index (χ3v) is 4.62. The largest absolute Gasteiger partial charge is 0.328 e. The van der Waals surface area contributed by atoms with Crippen LogP contribution in [0.25, 0.3) is 0 Å². The summed E-state index contributed by atoms with van der Waals surface area (Å²) in [4.78, 5) is 2.68. The third-order valence-electron chi connectivity index (χ3n) is 4.62. The topological polar surface area (TPSA) is 29.3 Å². The Morgan fingerprint density at radius 3 is 2.25 bits per heavy atom. The van der Waals surface area contributed by atoms with Crippen molar-refractivity contribution in [2.45, 2.75) is 57.9 Å². The van der Waals surface area contributed by atoms with Crippen LogP contribution >= 0.6 is 0 Å². The van der Waals surface area contributed by atoms with Crippen molar-refractivity contribution in [2.75, 3.05) is 19.6 Å². The quantitative estimate of drug-likeness (QED) is 0.798. The van der Waals surface area contributed by atoms with E-state index < -0.39 is 0 Å². The zero-order valence-corrected chi connectivity index (χ0v) is 10.8. The van der Waals surface area contributed by atoms with Gasteiger partial charge in [-0.15, -0.1) is 0 Å². The van der Waals surface area contributed by atoms with Crippen LogP contribution in [0.1, 0.15) is 51.9 Å². The number of nitrogens with zero attached hydrogens (tertiary/aromatic N) is 1. The molecule has 2 fully saturated rings. The Balaban J connectivity index is 1.60. The smallest absolute Gasteiger partial charge is 0.00390 e. The van der Waals surface area contributed by atoms with Crippen molar-refractivity contribution in [2.24, 2.45) is 17.6 Å². The van der Waals surface area contributed by atoms with Crippen molar-refractivity contribution < 1.29 is 0 Å². The molecule has 1 heterocycles. The molecule has 0 unspecified atom stereocenters. The fourth-order valence-corrected chi connectivity index (χ4v) is 3.13. The van der Waals surface area contributed by atoms with Crippen molar-refractivity contribution in [1.82, 2.24) is 4.90 Å². The molecule has 1 aliphatic heterocycles. The first-order valence-electron chi connectivity index (χ1n) is 7.22. The summed E-state index contributed by atoms with van der Waals surface area (Å²) >= 11 is 0. The first kappa shape index (κ1) is 12.4. The van der Waals surface area contributed by atoms with Gasteiger partial charge in [-0.1, -0.05) is 6.92 Å². The lowest BCUT2D eigenvalue weighted by Gasteiger charge is -2.32. The first-order chi connectivity index (χ1) is 7.74. The molecule has 0 aromatic rings. The van der Waals surface area contributed by atoms with Crippen LogP contribution in [-0.2, 0) is 0 Å². The highest BCUT2D eigenvalue weighted by Gasteiger charge is 2.20. The molecule has 2 nitrogen and oxygen atoms in total. The fraction of sp³-hybridized carbons (Fsp3) is 1.00. The molecule has 2 rings (SSSR count). The summed E-state index contributed by atoms with van der Waals surface area (Å²) in [6, 6.07) is 0.507. The molecular formula is C14H28N2. The Kier molecular flexibility index (Phi) is 4.66. The number of nitrogens with two attached hydrogens (primary N) is 1. The van der Waals surface area contributed by atoms with Crippen molar-refractivity contribution in [3.05, 3.63) is 0 Å². The molecule has 0 aromatic carbocycles. The van der Waals surface area contributed by atoms with Gasteiger partial charge in [-0.2, -0.15) is 0 Å². The maximum atomic E-state index is 5.94. The summed E-state index contributed by atoms with van der Waals surface area (Å²) in [6.45, 7) is 6.41. The highest BCUT2D eigenvalue weighted by atomic mass is 15.1. The van der Waals surface area contributed by atoms with E-state index in [2.05, 4.69) is 11.8 Å². The number of hydrogen-bond acceptors (Lipinski definition) is 2. The number of rotatable bonds is 3. The van der Waals surface area contributed by atoms with E-state index >= 15 is 0 Å². The molecule has 2 heteroatoms. The molecule has 0 radical (unpaired) electrons. The van der Waals surface area contributed by atoms with Gasteiger partial charge >= 0.3 is 0 Å². The second-order valence-electron chi connectivity index (χ2n) is 6.09. The lowest BCUT2D eigenvalue weighted by molar-refractivity contribution is 0.172. The lowest BCUT2D eigenvalue weighted by Crippen LogP contribution is -2.35. The molecule has 94 valence electrons. The first-order valence-corrected chi connectivity index (χ1v) is 7.22. The molecule has 2 aliphatic rings. The van der Waals surface area contributed by atoms with Gasteiger partial charge in [0.1, 0.15) is 0 Å². The van der Waals surface area contributed by atoms with Crippen LogP contribution in [0.3, 0.4) is 0 Å². The van der Waals surface area contributed by atoms with E-state index in [4.69, 9.17) is 5.73 Å². The summed E-state index contributed by atoms with van der Waals surface area (Å²) in [7, 11) is 0. The van der Waals surface area contributed by atoms with Gasteiger partial charge in [0.05, 0.1) is 0 Å². The van der Waals surface area contributed by atoms with Gasteiger partial charge in [-0.05, 0) is 76.4 Å². The van der Waals surface area contributed by atoms with Crippen LogP contribution in [0, 0.1) is 11.8 Å². The molecule has 0 spiro atoms. The second-order valence-corrected chi connectivity index (χ2v) is 6.09. The molecule has 16 heavy (non-hydrogen) atoms. The SMILES string of the molecule is CC1CCN(CCC2CCC(N)CC2)CC1. The van der Waals surface area contributed by atoms with Crippen LogP contribution in [0.15, 0.2) is 0 Å². The van der Waals surface area contributed by atoms with Crippen LogP contribution in [0.2, 0.25) is 0 Å². The normalized spacial score (nSPS) is 34.1. The summed E-state index contributed by atoms with van der Waals surface area (Å²) < 4.78 is 0. The molecule has 1 aliphatic carbocycles. The van der Waals surface area contributed by atoms with E-state index in [1.807, 2.05) is 0 Å². The highest BCUT2D eigenvalue weighted by molar-refractivity contribution is 4.76. The second kappa shape index (κ2) is 6.02. The Morgan fingerprint density at radius 1 is 1.00 bits per heavy atom. The van der Waals surface area contributed by atoms with Crippen molar-refractivity contribution >= 4 is 0 Å². The summed E-state index contributed by atoms with van der Waals surface area (Å²) in [5.41, 5.74) is 5.94. The van der Waals surface area contributed by atoms with E-state index in [-0.39, 0.29) is 0 Å². The summed E-state index contributed by atoms with van der Waals surface area (Å²) in [5.74, 6) is 1.93. The third kappa shape index (κ3) is 3.74. The van der Waals surface area contributed by atoms with E-state index in [0.29, 0.717) is 6.04 Å². The van der Waals surface area contributed by atoms with E-state index in [0.717, 1.165) is 11.8 Å². The molecule has 2 N–H and O–H groups in total. The van der Waals surface area contributed by atoms with E-state index in [1.54, 1.807) is 0 Å². The van der Waals surface area contributed by atoms with Gasteiger partial charge in [0.2, 0.25) is 0 Å². The summed E-state index contributed by atoms with van der Waals surface area (Å²) in [6.07, 6.45) is 9.53. The number of piperidine rings is 1. The molecule has 0 atom stereocenters. The van der Waals surface area contributed by atoms with E-state index in [9.17, 15) is 0 Å². The Hall–Kier alpha value is -0.0800. The minimum atomic E-state index is 0.507. The molecule has 0 amide bonds. The maximum Gasteiger partial charge on any atom is 0.00390 e. The van der Waals surface area contributed by atoms with Crippen LogP contribution in [0.5, 0.6) is 0 Å². The van der Waals surface area contributed by atoms with Gasteiger partial charge < -0.3 is 10.6 Å². The Bertz CT molecular complexity index is 167. The van der Waals surface area contributed by atoms with Gasteiger partial charge in [-0.3, -0.25) is 0 Å². The van der Waals surface area contributed by atoms with Gasteiger partial charge in [0.25, 0.3) is 0 Å². The van der Waals surface area contributed by atoms with Gasteiger partial charge in [0.15, 0.2) is 0 Å². The zero-order valence-electron chi connectivity index (χ0n) is 10.8. The molecule has 1 saturated heterocycles. The minimum Gasteiger partial charge on any atom is -0.328 e. The molecule has 1 saturated carbocycles. The zero-order chi connectivity index (χ0) is 11.4. The highest BCUT2D eigenvalue weighted by Crippen LogP contribution is 2.26. The van der Waals surface area contributed by atoms with Crippen LogP contribution in [-0.4, -0.2) is 30.6 Å². The minimum absolute atomic E-state index is 0.507. The predicted molar refractivity (Wildman–Crippen MR) is 69.4 cm³/mol. The average molecular weight is 224 g/mol. The van der Waals surface area contributed by atoms with Crippen LogP contribution in [0.4, 0.5) is 0 Å². The summed E-state index contributed by atoms with van der Waals surface area (Å²) in [5, 5.41) is 0. The van der Waals surface area contributed by atoms with Crippen molar-refractivity contribution in [3.63, 3.8) is 0 Å². The molecule has 0 bridgehead atoms. The van der Waals surface area contributed by atoms with E-state index in [1.165, 1.54) is 64.6 Å². The Labute approximate surface area is 101 Å². The standard InChI is InChI=1S/C14H28N2/c1-12-6-9-16(10-7-12)11-8-13-2-4-14(15)5-3-13/h12-14H,2-11,15H2,1H3. The lowest BCUT2D eigenvalue weighted by atomic mass is 9.84. The van der Waals surface area contributed by atoms with Gasteiger partial charge in [-0.25, -0.2) is 0 Å². The number of hydrogen-bond donors (Lipinski definition) is 1. The molecule has 0 aromatic heterocycles. The molecular weight excluding hydrogens is 196 g/mol. The fourth-order valence-electron chi connectivity index (χ4n) is 3.13. The van der Waals surface area contributed by atoms with Gasteiger partial charge in [0, 0.05) is 6.04 Å². The van der Waals surface area contributed by atoms with Crippen molar-refractivity contribution in [3.8, 4) is 0 Å². The number of likely N-dealkylation sites (tertiary alicyclic amines) is 1. The van der Waals surface area contributed by atoms with Crippen LogP contribution < -0.4 is 5.73 Å². The average Bonchev–Trinajstić information content (AvgIpc) is 2.30.